The van der Waals surface area contributed by atoms with Crippen molar-refractivity contribution < 1.29 is 9.53 Å². The molecule has 0 saturated carbocycles. The number of hydrogen-bond donors (Lipinski definition) is 2. The maximum Gasteiger partial charge on any atom is 0.337 e. The average Bonchev–Trinajstić information content (AvgIpc) is 2.67. The van der Waals surface area contributed by atoms with E-state index < -0.39 is 0 Å². The summed E-state index contributed by atoms with van der Waals surface area (Å²) in [6, 6.07) is 7.98. The van der Waals surface area contributed by atoms with Crippen LogP contribution in [-0.4, -0.2) is 32.2 Å². The summed E-state index contributed by atoms with van der Waals surface area (Å²) in [6.07, 6.45) is 3.53. The maximum absolute atomic E-state index is 11.3. The van der Waals surface area contributed by atoms with E-state index in [0.29, 0.717) is 11.6 Å². The van der Waals surface area contributed by atoms with Gasteiger partial charge in [-0.3, -0.25) is 0 Å². The van der Waals surface area contributed by atoms with Gasteiger partial charge in [-0.15, -0.1) is 12.4 Å². The standard InChI is InChI=1S/C14H20N2O2.ClH/c1-18-14(17)11-4-6-13(7-5-11)16-12-3-2-9-15-10-8-12;/h4-7,12,15-16H,2-3,8-10H2,1H3;1H. The molecule has 1 aromatic rings. The number of benzene rings is 1. The van der Waals surface area contributed by atoms with Gasteiger partial charge in [0.1, 0.15) is 0 Å². The summed E-state index contributed by atoms with van der Waals surface area (Å²) in [4.78, 5) is 11.3. The van der Waals surface area contributed by atoms with Gasteiger partial charge in [-0.2, -0.15) is 0 Å². The monoisotopic (exact) mass is 284 g/mol. The molecule has 1 fully saturated rings. The first kappa shape index (κ1) is 15.8. The third-order valence-electron chi connectivity index (χ3n) is 3.25. The number of methoxy groups -OCH3 is 1. The van der Waals surface area contributed by atoms with Crippen molar-refractivity contribution in [3.8, 4) is 0 Å². The summed E-state index contributed by atoms with van der Waals surface area (Å²) < 4.78 is 4.68. The Bertz CT molecular complexity index is 387. The first-order valence-corrected chi connectivity index (χ1v) is 6.45. The van der Waals surface area contributed by atoms with Crippen LogP contribution in [0.2, 0.25) is 0 Å². The molecule has 0 spiro atoms. The highest BCUT2D eigenvalue weighted by Crippen LogP contribution is 2.15. The Morgan fingerprint density at radius 2 is 2.00 bits per heavy atom. The predicted octanol–water partition coefficient (Wildman–Crippen LogP) is 2.45. The van der Waals surface area contributed by atoms with Gasteiger partial charge >= 0.3 is 5.97 Å². The summed E-state index contributed by atoms with van der Waals surface area (Å²) >= 11 is 0. The molecule has 1 heterocycles. The van der Waals surface area contributed by atoms with E-state index in [9.17, 15) is 4.79 Å². The van der Waals surface area contributed by atoms with Crippen molar-refractivity contribution in [2.45, 2.75) is 25.3 Å². The van der Waals surface area contributed by atoms with Gasteiger partial charge in [-0.05, 0) is 56.6 Å². The molecular formula is C14H21ClN2O2. The van der Waals surface area contributed by atoms with Gasteiger partial charge in [0.15, 0.2) is 0 Å². The predicted molar refractivity (Wildman–Crippen MR) is 79.2 cm³/mol. The molecule has 1 saturated heterocycles. The Morgan fingerprint density at radius 1 is 1.26 bits per heavy atom. The van der Waals surface area contributed by atoms with Crippen LogP contribution < -0.4 is 10.6 Å². The van der Waals surface area contributed by atoms with Crippen LogP contribution >= 0.6 is 12.4 Å². The summed E-state index contributed by atoms with van der Waals surface area (Å²) in [5, 5.41) is 6.91. The topological polar surface area (TPSA) is 50.4 Å². The first-order chi connectivity index (χ1) is 8.79. The quantitative estimate of drug-likeness (QED) is 0.837. The number of rotatable bonds is 3. The fourth-order valence-electron chi connectivity index (χ4n) is 2.22. The fourth-order valence-corrected chi connectivity index (χ4v) is 2.22. The molecule has 4 nitrogen and oxygen atoms in total. The van der Waals surface area contributed by atoms with Crippen LogP contribution in [0.3, 0.4) is 0 Å². The molecule has 1 aliphatic rings. The second kappa shape index (κ2) is 8.02. The number of halogens is 1. The number of carbonyl (C=O) groups is 1. The SMILES string of the molecule is COC(=O)c1ccc(NC2CCCNCC2)cc1.Cl. The third-order valence-corrected chi connectivity index (χ3v) is 3.25. The minimum absolute atomic E-state index is 0. The molecule has 1 unspecified atom stereocenters. The van der Waals surface area contributed by atoms with Crippen LogP contribution in [0.5, 0.6) is 0 Å². The smallest absolute Gasteiger partial charge is 0.337 e. The van der Waals surface area contributed by atoms with E-state index in [-0.39, 0.29) is 18.4 Å². The molecule has 1 atom stereocenters. The molecule has 5 heteroatoms. The summed E-state index contributed by atoms with van der Waals surface area (Å²) in [6.45, 7) is 2.18. The van der Waals surface area contributed by atoms with Crippen molar-refractivity contribution in [2.75, 3.05) is 25.5 Å². The van der Waals surface area contributed by atoms with Gasteiger partial charge in [0, 0.05) is 11.7 Å². The van der Waals surface area contributed by atoms with Crippen molar-refractivity contribution in [3.63, 3.8) is 0 Å². The zero-order valence-electron chi connectivity index (χ0n) is 11.1. The first-order valence-electron chi connectivity index (χ1n) is 6.45. The minimum atomic E-state index is -0.291. The molecule has 1 aromatic carbocycles. The highest BCUT2D eigenvalue weighted by molar-refractivity contribution is 5.89. The van der Waals surface area contributed by atoms with Crippen LogP contribution in [-0.2, 0) is 4.74 Å². The number of ether oxygens (including phenoxy) is 1. The zero-order chi connectivity index (χ0) is 12.8. The highest BCUT2D eigenvalue weighted by Gasteiger charge is 2.11. The number of nitrogens with one attached hydrogen (secondary N) is 2. The van der Waals surface area contributed by atoms with Crippen LogP contribution in [0.25, 0.3) is 0 Å². The number of carbonyl (C=O) groups excluding carboxylic acids is 1. The lowest BCUT2D eigenvalue weighted by Crippen LogP contribution is -2.21. The zero-order valence-corrected chi connectivity index (χ0v) is 12.0. The van der Waals surface area contributed by atoms with E-state index in [0.717, 1.165) is 25.2 Å². The van der Waals surface area contributed by atoms with Gasteiger partial charge in [0.25, 0.3) is 0 Å². The van der Waals surface area contributed by atoms with Crippen LogP contribution in [0.4, 0.5) is 5.69 Å². The lowest BCUT2D eigenvalue weighted by molar-refractivity contribution is 0.0601. The lowest BCUT2D eigenvalue weighted by atomic mass is 10.1. The summed E-state index contributed by atoms with van der Waals surface area (Å²) in [7, 11) is 1.40. The molecule has 2 rings (SSSR count). The molecule has 0 amide bonds. The van der Waals surface area contributed by atoms with Gasteiger partial charge in [0.2, 0.25) is 0 Å². The molecule has 1 aliphatic heterocycles. The average molecular weight is 285 g/mol. The van der Waals surface area contributed by atoms with Gasteiger partial charge in [-0.1, -0.05) is 0 Å². The number of esters is 1. The fraction of sp³-hybridized carbons (Fsp3) is 0.500. The van der Waals surface area contributed by atoms with Crippen molar-refractivity contribution in [1.29, 1.82) is 0 Å². The molecule has 19 heavy (non-hydrogen) atoms. The Labute approximate surface area is 120 Å². The van der Waals surface area contributed by atoms with Gasteiger partial charge < -0.3 is 15.4 Å². The Morgan fingerprint density at radius 3 is 2.68 bits per heavy atom. The summed E-state index contributed by atoms with van der Waals surface area (Å²) in [5.41, 5.74) is 1.65. The van der Waals surface area contributed by atoms with E-state index in [1.54, 1.807) is 12.1 Å². The largest absolute Gasteiger partial charge is 0.465 e. The van der Waals surface area contributed by atoms with Crippen molar-refractivity contribution in [2.24, 2.45) is 0 Å². The van der Waals surface area contributed by atoms with E-state index >= 15 is 0 Å². The van der Waals surface area contributed by atoms with Crippen LogP contribution in [0.1, 0.15) is 29.6 Å². The van der Waals surface area contributed by atoms with E-state index in [4.69, 9.17) is 0 Å². The molecule has 0 aliphatic carbocycles. The second-order valence-corrected chi connectivity index (χ2v) is 4.59. The molecule has 0 bridgehead atoms. The lowest BCUT2D eigenvalue weighted by Gasteiger charge is -2.17. The van der Waals surface area contributed by atoms with Crippen molar-refractivity contribution in [1.82, 2.24) is 5.32 Å². The number of hydrogen-bond acceptors (Lipinski definition) is 4. The molecular weight excluding hydrogens is 264 g/mol. The number of anilines is 1. The van der Waals surface area contributed by atoms with E-state index in [2.05, 4.69) is 15.4 Å². The third kappa shape index (κ3) is 4.73. The van der Waals surface area contributed by atoms with Crippen LogP contribution in [0, 0.1) is 0 Å². The maximum atomic E-state index is 11.3. The Balaban J connectivity index is 0.00000180. The Hall–Kier alpha value is -1.26. The Kier molecular flexibility index (Phi) is 6.67. The highest BCUT2D eigenvalue weighted by atomic mass is 35.5. The van der Waals surface area contributed by atoms with Crippen LogP contribution in [0.15, 0.2) is 24.3 Å². The van der Waals surface area contributed by atoms with E-state index in [1.165, 1.54) is 20.0 Å². The van der Waals surface area contributed by atoms with Crippen molar-refractivity contribution >= 4 is 24.1 Å². The summed E-state index contributed by atoms with van der Waals surface area (Å²) in [5.74, 6) is -0.291. The second-order valence-electron chi connectivity index (χ2n) is 4.59. The van der Waals surface area contributed by atoms with Gasteiger partial charge in [0.05, 0.1) is 12.7 Å². The van der Waals surface area contributed by atoms with E-state index in [1.807, 2.05) is 12.1 Å². The molecule has 0 aromatic heterocycles. The minimum Gasteiger partial charge on any atom is -0.465 e. The molecule has 106 valence electrons. The van der Waals surface area contributed by atoms with Crippen molar-refractivity contribution in [3.05, 3.63) is 29.8 Å². The molecule has 2 N–H and O–H groups in total. The normalized spacial score (nSPS) is 18.9. The molecule has 0 radical (unpaired) electrons. The van der Waals surface area contributed by atoms with Gasteiger partial charge in [-0.25, -0.2) is 4.79 Å².